The van der Waals surface area contributed by atoms with Crippen molar-refractivity contribution in [1.29, 1.82) is 0 Å². The lowest BCUT2D eigenvalue weighted by atomic mass is 10.1. The van der Waals surface area contributed by atoms with Crippen molar-refractivity contribution in [1.82, 2.24) is 0 Å². The number of hydrogen-bond acceptors (Lipinski definition) is 7. The van der Waals surface area contributed by atoms with Crippen molar-refractivity contribution in [3.63, 3.8) is 0 Å². The van der Waals surface area contributed by atoms with E-state index in [2.05, 4.69) is 10.1 Å². The number of hydrogen-bond donors (Lipinski definition) is 1. The monoisotopic (exact) mass is 429 g/mol. The highest BCUT2D eigenvalue weighted by Crippen LogP contribution is 2.35. The van der Waals surface area contributed by atoms with Gasteiger partial charge in [-0.1, -0.05) is 0 Å². The Labute approximate surface area is 169 Å². The Morgan fingerprint density at radius 2 is 1.47 bits per heavy atom. The van der Waals surface area contributed by atoms with Gasteiger partial charge >= 0.3 is 12.3 Å². The summed E-state index contributed by atoms with van der Waals surface area (Å²) >= 11 is 0. The standard InChI is InChI=1S/C19H18F3NO7/c1-26-14-9-16(28-3)15(27-2)8-13(14)18(25)29-10-17(24)23-11-4-6-12(7-5-11)30-19(20,21)22/h4-9H,10H2,1-3H3,(H,23,24). The van der Waals surface area contributed by atoms with Gasteiger partial charge in [-0.25, -0.2) is 4.79 Å². The molecule has 1 N–H and O–H groups in total. The first-order valence-electron chi connectivity index (χ1n) is 8.29. The number of methoxy groups -OCH3 is 3. The number of ether oxygens (including phenoxy) is 5. The molecule has 0 aromatic heterocycles. The van der Waals surface area contributed by atoms with E-state index in [1.165, 1.54) is 45.6 Å². The second kappa shape index (κ2) is 9.72. The maximum Gasteiger partial charge on any atom is 0.573 e. The van der Waals surface area contributed by atoms with Crippen LogP contribution < -0.4 is 24.3 Å². The van der Waals surface area contributed by atoms with E-state index in [1.807, 2.05) is 0 Å². The van der Waals surface area contributed by atoms with Gasteiger partial charge < -0.3 is 29.0 Å². The molecule has 1 amide bonds. The van der Waals surface area contributed by atoms with Crippen LogP contribution in [0, 0.1) is 0 Å². The summed E-state index contributed by atoms with van der Waals surface area (Å²) in [5, 5.41) is 2.38. The first kappa shape index (κ1) is 22.7. The summed E-state index contributed by atoms with van der Waals surface area (Å²) < 4.78 is 60.5. The van der Waals surface area contributed by atoms with Gasteiger partial charge in [0.1, 0.15) is 17.1 Å². The summed E-state index contributed by atoms with van der Waals surface area (Å²) in [6.07, 6.45) is -4.82. The Balaban J connectivity index is 1.98. The van der Waals surface area contributed by atoms with Crippen LogP contribution in [0.25, 0.3) is 0 Å². The number of alkyl halides is 3. The zero-order valence-electron chi connectivity index (χ0n) is 16.2. The fourth-order valence-corrected chi connectivity index (χ4v) is 2.33. The van der Waals surface area contributed by atoms with Crippen molar-refractivity contribution in [3.8, 4) is 23.0 Å². The van der Waals surface area contributed by atoms with Crippen molar-refractivity contribution in [2.75, 3.05) is 33.3 Å². The number of nitrogens with one attached hydrogen (secondary N) is 1. The number of rotatable bonds is 8. The molecule has 0 aliphatic rings. The molecule has 0 aliphatic heterocycles. The van der Waals surface area contributed by atoms with E-state index in [9.17, 15) is 22.8 Å². The molecule has 2 aromatic carbocycles. The van der Waals surface area contributed by atoms with Gasteiger partial charge in [0.15, 0.2) is 18.1 Å². The van der Waals surface area contributed by atoms with Gasteiger partial charge in [0.2, 0.25) is 0 Å². The fourth-order valence-electron chi connectivity index (χ4n) is 2.33. The third-order valence-electron chi connectivity index (χ3n) is 3.63. The molecule has 0 saturated carbocycles. The van der Waals surface area contributed by atoms with Gasteiger partial charge in [-0.3, -0.25) is 4.79 Å². The molecule has 11 heteroatoms. The topological polar surface area (TPSA) is 92.3 Å². The van der Waals surface area contributed by atoms with Crippen LogP contribution in [-0.4, -0.2) is 46.2 Å². The second-order valence-corrected chi connectivity index (χ2v) is 5.60. The minimum atomic E-state index is -4.82. The molecule has 0 radical (unpaired) electrons. The van der Waals surface area contributed by atoms with Gasteiger partial charge in [0, 0.05) is 17.8 Å². The van der Waals surface area contributed by atoms with Gasteiger partial charge in [-0.05, 0) is 24.3 Å². The molecular weight excluding hydrogens is 411 g/mol. The molecule has 0 fully saturated rings. The van der Waals surface area contributed by atoms with Gasteiger partial charge in [-0.15, -0.1) is 13.2 Å². The van der Waals surface area contributed by atoms with E-state index in [-0.39, 0.29) is 22.7 Å². The minimum Gasteiger partial charge on any atom is -0.496 e. The van der Waals surface area contributed by atoms with E-state index >= 15 is 0 Å². The first-order chi connectivity index (χ1) is 14.2. The molecule has 0 saturated heterocycles. The van der Waals surface area contributed by atoms with Crippen LogP contribution in [0.15, 0.2) is 36.4 Å². The average Bonchev–Trinajstić information content (AvgIpc) is 2.71. The quantitative estimate of drug-likeness (QED) is 0.643. The van der Waals surface area contributed by atoms with Crippen LogP contribution in [0.3, 0.4) is 0 Å². The molecule has 0 spiro atoms. The van der Waals surface area contributed by atoms with Crippen molar-refractivity contribution < 1.29 is 46.4 Å². The molecule has 0 heterocycles. The van der Waals surface area contributed by atoms with Crippen LogP contribution >= 0.6 is 0 Å². The molecule has 0 atom stereocenters. The summed E-state index contributed by atoms with van der Waals surface area (Å²) in [7, 11) is 4.15. The fraction of sp³-hybridized carbons (Fsp3) is 0.263. The van der Waals surface area contributed by atoms with Crippen LogP contribution in [0.2, 0.25) is 0 Å². The molecule has 162 valence electrons. The predicted molar refractivity (Wildman–Crippen MR) is 98.1 cm³/mol. The van der Waals surface area contributed by atoms with Crippen LogP contribution in [-0.2, 0) is 9.53 Å². The van der Waals surface area contributed by atoms with E-state index < -0.39 is 30.6 Å². The van der Waals surface area contributed by atoms with Crippen molar-refractivity contribution >= 4 is 17.6 Å². The second-order valence-electron chi connectivity index (χ2n) is 5.60. The SMILES string of the molecule is COc1cc(OC)c(C(=O)OCC(=O)Nc2ccc(OC(F)(F)F)cc2)cc1OC. The lowest BCUT2D eigenvalue weighted by Gasteiger charge is -2.13. The van der Waals surface area contributed by atoms with Gasteiger partial charge in [0.05, 0.1) is 21.3 Å². The largest absolute Gasteiger partial charge is 0.573 e. The number of amides is 1. The summed E-state index contributed by atoms with van der Waals surface area (Å²) in [5.41, 5.74) is 0.200. The van der Waals surface area contributed by atoms with Gasteiger partial charge in [0.25, 0.3) is 5.91 Å². The number of carbonyl (C=O) groups excluding carboxylic acids is 2. The van der Waals surface area contributed by atoms with Crippen LogP contribution in [0.1, 0.15) is 10.4 Å². The predicted octanol–water partition coefficient (Wildman–Crippen LogP) is 3.41. The lowest BCUT2D eigenvalue weighted by Crippen LogP contribution is -2.21. The number of benzene rings is 2. The lowest BCUT2D eigenvalue weighted by molar-refractivity contribution is -0.274. The molecule has 0 unspecified atom stereocenters. The Hall–Kier alpha value is -3.63. The molecular formula is C19H18F3NO7. The Bertz CT molecular complexity index is 898. The van der Waals surface area contributed by atoms with Gasteiger partial charge in [-0.2, -0.15) is 0 Å². The summed E-state index contributed by atoms with van der Waals surface area (Å²) in [5.74, 6) is -1.24. The van der Waals surface area contributed by atoms with Crippen molar-refractivity contribution in [3.05, 3.63) is 42.0 Å². The van der Waals surface area contributed by atoms with E-state index in [0.29, 0.717) is 5.75 Å². The van der Waals surface area contributed by atoms with E-state index in [0.717, 1.165) is 12.1 Å². The maximum atomic E-state index is 12.3. The normalized spacial score (nSPS) is 10.7. The molecule has 30 heavy (non-hydrogen) atoms. The summed E-state index contributed by atoms with van der Waals surface area (Å²) in [4.78, 5) is 24.3. The summed E-state index contributed by atoms with van der Waals surface area (Å²) in [6.45, 7) is -0.642. The zero-order valence-corrected chi connectivity index (χ0v) is 16.2. The molecule has 0 aliphatic carbocycles. The number of halogens is 3. The van der Waals surface area contributed by atoms with Crippen LogP contribution in [0.5, 0.6) is 23.0 Å². The van der Waals surface area contributed by atoms with Crippen molar-refractivity contribution in [2.45, 2.75) is 6.36 Å². The first-order valence-corrected chi connectivity index (χ1v) is 8.29. The zero-order chi connectivity index (χ0) is 22.3. The average molecular weight is 429 g/mol. The van der Waals surface area contributed by atoms with Crippen LogP contribution in [0.4, 0.5) is 18.9 Å². The molecule has 8 nitrogen and oxygen atoms in total. The minimum absolute atomic E-state index is 0.0107. The van der Waals surface area contributed by atoms with E-state index in [4.69, 9.17) is 18.9 Å². The highest BCUT2D eigenvalue weighted by molar-refractivity contribution is 5.97. The smallest absolute Gasteiger partial charge is 0.496 e. The molecule has 2 rings (SSSR count). The molecule has 2 aromatic rings. The third kappa shape index (κ3) is 6.19. The Kier molecular flexibility index (Phi) is 7.34. The van der Waals surface area contributed by atoms with Crippen molar-refractivity contribution in [2.24, 2.45) is 0 Å². The Morgan fingerprint density at radius 3 is 2.00 bits per heavy atom. The third-order valence-corrected chi connectivity index (χ3v) is 3.63. The number of esters is 1. The summed E-state index contributed by atoms with van der Waals surface area (Å²) in [6, 6.07) is 7.25. The number of carbonyl (C=O) groups is 2. The van der Waals surface area contributed by atoms with E-state index in [1.54, 1.807) is 0 Å². The molecule has 0 bridgehead atoms. The Morgan fingerprint density at radius 1 is 0.900 bits per heavy atom. The highest BCUT2D eigenvalue weighted by Gasteiger charge is 2.31. The maximum absolute atomic E-state index is 12.3. The highest BCUT2D eigenvalue weighted by atomic mass is 19.4. The number of anilines is 1.